The Balaban J connectivity index is 1.69. The summed E-state index contributed by atoms with van der Waals surface area (Å²) in [7, 11) is -1.72. The number of amides is 1. The van der Waals surface area contributed by atoms with Crippen molar-refractivity contribution in [2.75, 3.05) is 39.3 Å². The maximum atomic E-state index is 13.5. The molecule has 0 saturated carbocycles. The molecule has 0 fully saturated rings. The van der Waals surface area contributed by atoms with Crippen LogP contribution in [-0.4, -0.2) is 96.0 Å². The summed E-state index contributed by atoms with van der Waals surface area (Å²) in [5.41, 5.74) is 1.55. The van der Waals surface area contributed by atoms with Gasteiger partial charge in [0.25, 0.3) is 0 Å². The van der Waals surface area contributed by atoms with Crippen molar-refractivity contribution in [2.24, 2.45) is 0 Å². The van der Waals surface area contributed by atoms with E-state index in [9.17, 15) is 24.3 Å². The van der Waals surface area contributed by atoms with Crippen molar-refractivity contribution in [3.05, 3.63) is 35.8 Å². The van der Waals surface area contributed by atoms with Gasteiger partial charge in [-0.25, -0.2) is 4.39 Å². The van der Waals surface area contributed by atoms with Crippen LogP contribution in [-0.2, 0) is 11.2 Å². The lowest BCUT2D eigenvalue weighted by Gasteiger charge is -2.27. The van der Waals surface area contributed by atoms with Crippen LogP contribution in [0.3, 0.4) is 0 Å². The Morgan fingerprint density at radius 2 is 1.57 bits per heavy atom. The number of aromatic nitrogens is 1. The van der Waals surface area contributed by atoms with Crippen LogP contribution < -0.4 is 10.5 Å². The van der Waals surface area contributed by atoms with E-state index in [-0.39, 0.29) is 18.1 Å². The van der Waals surface area contributed by atoms with Crippen molar-refractivity contribution >= 4 is 38.0 Å². The monoisotopic (exact) mass is 489 g/mol. The number of aromatic amines is 1. The van der Waals surface area contributed by atoms with Gasteiger partial charge >= 0.3 is 21.2 Å². The van der Waals surface area contributed by atoms with Crippen molar-refractivity contribution in [3.63, 3.8) is 0 Å². The molecule has 2 rings (SSSR count). The number of H-pyrrole nitrogens is 1. The summed E-state index contributed by atoms with van der Waals surface area (Å²) in [6.07, 6.45) is 4.18. The second kappa shape index (κ2) is 15.3. The van der Waals surface area contributed by atoms with Crippen LogP contribution in [0.2, 0.25) is 20.5 Å². The third-order valence-electron chi connectivity index (χ3n) is 6.03. The highest BCUT2D eigenvalue weighted by Gasteiger charge is 2.19. The molecule has 6 N–H and O–H groups in total. The lowest BCUT2D eigenvalue weighted by Crippen LogP contribution is -2.43. The molecular weight excluding hydrogens is 450 g/mol. The summed E-state index contributed by atoms with van der Waals surface area (Å²) in [6, 6.07) is 4.47. The summed E-state index contributed by atoms with van der Waals surface area (Å²) in [4.78, 5) is 19.3. The number of halogens is 1. The average molecular weight is 489 g/mol. The molecule has 1 amide bonds. The van der Waals surface area contributed by atoms with E-state index < -0.39 is 21.2 Å². The minimum atomic E-state index is -0.609. The van der Waals surface area contributed by atoms with Crippen LogP contribution in [0.15, 0.2) is 24.4 Å². The van der Waals surface area contributed by atoms with Gasteiger partial charge in [-0.3, -0.25) is 4.79 Å². The summed E-state index contributed by atoms with van der Waals surface area (Å²) >= 11 is 0. The highest BCUT2D eigenvalue weighted by molar-refractivity contribution is 6.46. The smallest absolute Gasteiger partial charge is 0.376 e. The second-order valence-corrected chi connectivity index (χ2v) is 9.06. The lowest BCUT2D eigenvalue weighted by atomic mass is 9.83. The molecule has 0 bridgehead atoms. The molecular formula is C22H39B3FN5O4. The molecule has 2 aromatic rings. The van der Waals surface area contributed by atoms with E-state index in [1.807, 2.05) is 9.62 Å². The number of fused-ring (bicyclic) bond motifs is 1. The zero-order valence-corrected chi connectivity index (χ0v) is 21.1. The first kappa shape index (κ1) is 29.3. The predicted molar refractivity (Wildman–Crippen MR) is 141 cm³/mol. The Morgan fingerprint density at radius 1 is 0.971 bits per heavy atom. The second-order valence-electron chi connectivity index (χ2n) is 9.06. The van der Waals surface area contributed by atoms with Crippen molar-refractivity contribution < 1.29 is 24.3 Å². The zero-order chi connectivity index (χ0) is 25.8. The van der Waals surface area contributed by atoms with E-state index in [2.05, 4.69) is 15.5 Å². The number of carbonyl (C=O) groups is 1. The Labute approximate surface area is 208 Å². The number of hydrogen-bond acceptors (Lipinski definition) is 7. The van der Waals surface area contributed by atoms with Crippen LogP contribution in [0.4, 0.5) is 4.39 Å². The molecule has 13 heteroatoms. The first-order valence-electron chi connectivity index (χ1n) is 12.4. The summed E-state index contributed by atoms with van der Waals surface area (Å²) in [6.45, 7) is 8.99. The molecule has 0 aliphatic rings. The van der Waals surface area contributed by atoms with E-state index >= 15 is 0 Å². The van der Waals surface area contributed by atoms with Crippen LogP contribution in [0, 0.1) is 5.82 Å². The van der Waals surface area contributed by atoms with Gasteiger partial charge in [-0.15, -0.1) is 0 Å². The molecule has 1 aromatic carbocycles. The molecule has 0 aliphatic carbocycles. The maximum absolute atomic E-state index is 13.5. The van der Waals surface area contributed by atoms with Gasteiger partial charge in [-0.1, -0.05) is 0 Å². The number of rotatable bonds is 17. The van der Waals surface area contributed by atoms with E-state index in [0.717, 1.165) is 23.9 Å². The molecule has 0 aliphatic heterocycles. The highest BCUT2D eigenvalue weighted by atomic mass is 19.1. The molecule has 192 valence electrons. The Bertz CT molecular complexity index is 903. The zero-order valence-electron chi connectivity index (χ0n) is 21.1. The lowest BCUT2D eigenvalue weighted by molar-refractivity contribution is -0.120. The maximum Gasteiger partial charge on any atom is 0.376 e. The van der Waals surface area contributed by atoms with E-state index in [0.29, 0.717) is 51.1 Å². The summed E-state index contributed by atoms with van der Waals surface area (Å²) < 4.78 is 13.5. The van der Waals surface area contributed by atoms with E-state index in [1.54, 1.807) is 32.7 Å². The van der Waals surface area contributed by atoms with Gasteiger partial charge in [-0.2, -0.15) is 0 Å². The van der Waals surface area contributed by atoms with E-state index in [1.165, 1.54) is 12.1 Å². The first-order chi connectivity index (χ1) is 16.7. The Morgan fingerprint density at radius 3 is 2.17 bits per heavy atom. The van der Waals surface area contributed by atoms with Crippen LogP contribution in [0.25, 0.3) is 10.9 Å². The summed E-state index contributed by atoms with van der Waals surface area (Å²) in [5.74, 6) is -0.460. The molecule has 0 atom stereocenters. The molecule has 35 heavy (non-hydrogen) atoms. The fraction of sp³-hybridized carbons (Fsp3) is 0.591. The fourth-order valence-electron chi connectivity index (χ4n) is 4.08. The number of nitrogens with zero attached hydrogens (tertiary/aromatic N) is 2. The molecule has 0 unspecified atom stereocenters. The van der Waals surface area contributed by atoms with Crippen LogP contribution in [0.1, 0.15) is 24.8 Å². The van der Waals surface area contributed by atoms with Gasteiger partial charge < -0.3 is 40.2 Å². The van der Waals surface area contributed by atoms with Crippen molar-refractivity contribution in [1.29, 1.82) is 0 Å². The quantitative estimate of drug-likeness (QED) is 0.143. The van der Waals surface area contributed by atoms with Gasteiger partial charge in [0, 0.05) is 23.6 Å². The van der Waals surface area contributed by atoms with Gasteiger partial charge in [0.15, 0.2) is 0 Å². The number of benzene rings is 1. The average Bonchev–Trinajstić information content (AvgIpc) is 3.17. The van der Waals surface area contributed by atoms with Gasteiger partial charge in [0.05, 0.1) is 6.42 Å². The van der Waals surface area contributed by atoms with Crippen LogP contribution in [0.5, 0.6) is 0 Å². The topological polar surface area (TPSA) is 124 Å². The molecule has 0 saturated heterocycles. The predicted octanol–water partition coefficient (Wildman–Crippen LogP) is 0.661. The molecule has 0 spiro atoms. The minimum Gasteiger partial charge on any atom is -0.437 e. The van der Waals surface area contributed by atoms with Gasteiger partial charge in [0.2, 0.25) is 5.91 Å². The standard InChI is InChI=1S/C22H39B3FN5O4/c1-23(33)29-10-5-12-31(25(3)35)14-6-13-30(24(2)34)11-4-9-27-22(32)15-18-17-28-21-8-7-19(26)16-20(18)21/h7-8,16-17,28-29,33-35H,4-6,9-15H2,1-3H3,(H,27,32). The number of hydrogen-bond donors (Lipinski definition) is 6. The van der Waals surface area contributed by atoms with Crippen molar-refractivity contribution in [1.82, 2.24) is 25.2 Å². The normalized spacial score (nSPS) is 11.5. The highest BCUT2D eigenvalue weighted by Crippen LogP contribution is 2.19. The van der Waals surface area contributed by atoms with Gasteiger partial charge in [0.1, 0.15) is 5.82 Å². The van der Waals surface area contributed by atoms with Crippen LogP contribution >= 0.6 is 0 Å². The third kappa shape index (κ3) is 10.7. The summed E-state index contributed by atoms with van der Waals surface area (Å²) in [5, 5.41) is 36.0. The van der Waals surface area contributed by atoms with E-state index in [4.69, 9.17) is 0 Å². The fourth-order valence-corrected chi connectivity index (χ4v) is 4.08. The molecule has 9 nitrogen and oxygen atoms in total. The Kier molecular flexibility index (Phi) is 12.8. The van der Waals surface area contributed by atoms with Crippen molar-refractivity contribution in [2.45, 2.75) is 46.2 Å². The Hall–Kier alpha value is -1.89. The van der Waals surface area contributed by atoms with Crippen molar-refractivity contribution in [3.8, 4) is 0 Å². The molecule has 1 heterocycles. The number of nitrogens with one attached hydrogen (secondary N) is 3. The molecule has 0 radical (unpaired) electrons. The van der Waals surface area contributed by atoms with Gasteiger partial charge in [-0.05, 0) is 96.2 Å². The third-order valence-corrected chi connectivity index (χ3v) is 6.03. The largest absolute Gasteiger partial charge is 0.437 e. The minimum absolute atomic E-state index is 0.128. The number of carbonyl (C=O) groups excluding carboxylic acids is 1. The molecule has 1 aromatic heterocycles. The first-order valence-corrected chi connectivity index (χ1v) is 12.4. The SMILES string of the molecule is CB(O)NCCCN(CCCN(CCCNC(=O)Cc1c[nH]c2ccc(F)cc12)B(C)O)B(C)O.